The van der Waals surface area contributed by atoms with Crippen molar-refractivity contribution in [2.75, 3.05) is 6.61 Å². The second-order valence-electron chi connectivity index (χ2n) is 5.67. The Balaban J connectivity index is 1.60. The number of rotatable bonds is 7. The van der Waals surface area contributed by atoms with Crippen molar-refractivity contribution >= 4 is 45.2 Å². The second kappa shape index (κ2) is 8.37. The van der Waals surface area contributed by atoms with E-state index in [9.17, 15) is 10.1 Å². The molecule has 0 saturated heterocycles. The monoisotopic (exact) mass is 426 g/mol. The summed E-state index contributed by atoms with van der Waals surface area (Å²) < 4.78 is 7.21. The smallest absolute Gasteiger partial charge is 0.283 e. The maximum Gasteiger partial charge on any atom is 0.283 e. The van der Waals surface area contributed by atoms with Gasteiger partial charge in [-0.15, -0.1) is 26.6 Å². The van der Waals surface area contributed by atoms with Crippen LogP contribution in [0.4, 0.5) is 5.69 Å². The first-order valence-corrected chi connectivity index (χ1v) is 10.2. The summed E-state index contributed by atoms with van der Waals surface area (Å²) in [6.07, 6.45) is 4.46. The van der Waals surface area contributed by atoms with Gasteiger partial charge in [0.2, 0.25) is 0 Å². The normalized spacial score (nSPS) is 11.3. The fraction of sp³-hybridized carbons (Fsp3) is 0.111. The molecule has 11 heteroatoms. The zero-order valence-electron chi connectivity index (χ0n) is 15.1. The zero-order valence-corrected chi connectivity index (χ0v) is 16.8. The van der Waals surface area contributed by atoms with E-state index in [4.69, 9.17) is 4.74 Å². The summed E-state index contributed by atoms with van der Waals surface area (Å²) in [4.78, 5) is 17.4. The van der Waals surface area contributed by atoms with Crippen molar-refractivity contribution in [1.29, 1.82) is 0 Å². The third-order valence-corrected chi connectivity index (χ3v) is 5.89. The number of nitro benzene ring substituents is 1. The lowest BCUT2D eigenvalue weighted by Crippen LogP contribution is -1.96. The van der Waals surface area contributed by atoms with Gasteiger partial charge in [-0.05, 0) is 31.2 Å². The summed E-state index contributed by atoms with van der Waals surface area (Å²) in [5, 5.41) is 23.3. The molecule has 0 aliphatic carbocycles. The summed E-state index contributed by atoms with van der Waals surface area (Å²) in [6, 6.07) is 10.6. The van der Waals surface area contributed by atoms with Gasteiger partial charge in [-0.1, -0.05) is 22.7 Å². The third-order valence-electron chi connectivity index (χ3n) is 3.74. The van der Waals surface area contributed by atoms with Crippen LogP contribution in [0.3, 0.4) is 0 Å². The molecule has 0 atom stereocenters. The number of nitro groups is 1. The maximum absolute atomic E-state index is 11.6. The van der Waals surface area contributed by atoms with E-state index in [1.165, 1.54) is 47.8 Å². The topological polar surface area (TPSA) is 108 Å². The van der Waals surface area contributed by atoms with Gasteiger partial charge >= 0.3 is 0 Å². The van der Waals surface area contributed by atoms with Gasteiger partial charge in [0.25, 0.3) is 5.69 Å². The fourth-order valence-electron chi connectivity index (χ4n) is 2.51. The van der Waals surface area contributed by atoms with E-state index in [2.05, 4.69) is 20.3 Å². The van der Waals surface area contributed by atoms with Crippen LogP contribution < -0.4 is 4.74 Å². The van der Waals surface area contributed by atoms with Gasteiger partial charge in [0.15, 0.2) is 4.34 Å². The first-order valence-electron chi connectivity index (χ1n) is 8.53. The van der Waals surface area contributed by atoms with Crippen molar-refractivity contribution in [3.05, 3.63) is 64.5 Å². The quantitative estimate of drug-likeness (QED) is 0.247. The van der Waals surface area contributed by atoms with Crippen LogP contribution >= 0.6 is 23.1 Å². The predicted octanol–water partition coefficient (Wildman–Crippen LogP) is 4.23. The minimum atomic E-state index is -0.410. The minimum Gasteiger partial charge on any atom is -0.494 e. The van der Waals surface area contributed by atoms with Crippen molar-refractivity contribution in [2.45, 2.75) is 16.2 Å². The van der Waals surface area contributed by atoms with Crippen LogP contribution in [0.15, 0.2) is 63.1 Å². The Morgan fingerprint density at radius 3 is 2.86 bits per heavy atom. The largest absolute Gasteiger partial charge is 0.494 e. The van der Waals surface area contributed by atoms with Gasteiger partial charge < -0.3 is 4.74 Å². The highest BCUT2D eigenvalue weighted by molar-refractivity contribution is 8.01. The molecule has 2 aromatic heterocycles. The zero-order chi connectivity index (χ0) is 20.2. The molecule has 4 rings (SSSR count). The second-order valence-corrected chi connectivity index (χ2v) is 7.99. The molecule has 0 bridgehead atoms. The number of thiazole rings is 1. The van der Waals surface area contributed by atoms with Gasteiger partial charge in [-0.2, -0.15) is 0 Å². The van der Waals surface area contributed by atoms with E-state index in [1.807, 2.05) is 25.1 Å². The van der Waals surface area contributed by atoms with Gasteiger partial charge in [0, 0.05) is 11.6 Å². The number of benzene rings is 2. The molecular weight excluding hydrogens is 412 g/mol. The first-order chi connectivity index (χ1) is 14.1. The lowest BCUT2D eigenvalue weighted by Gasteiger charge is -2.01. The molecule has 2 aromatic carbocycles. The van der Waals surface area contributed by atoms with Gasteiger partial charge in [0.1, 0.15) is 5.75 Å². The maximum atomic E-state index is 11.6. The standard InChI is InChI=1S/C18H14N6O3S2/c1-2-27-13-4-5-14-17(10-13)29-18(22-14)28-16-6-3-12(9-15(16)23(25)26)11-21-24-19-7-8-20-24/h3-11H,2H2,1H3. The molecule has 0 unspecified atom stereocenters. The average molecular weight is 426 g/mol. The van der Waals surface area contributed by atoms with E-state index in [-0.39, 0.29) is 5.69 Å². The number of hydrogen-bond acceptors (Lipinski definition) is 9. The summed E-state index contributed by atoms with van der Waals surface area (Å²) in [5.41, 5.74) is 1.39. The molecule has 0 aliphatic rings. The molecule has 2 heterocycles. The Labute approximate surface area is 173 Å². The Morgan fingerprint density at radius 1 is 1.28 bits per heavy atom. The highest BCUT2D eigenvalue weighted by Crippen LogP contribution is 2.39. The van der Waals surface area contributed by atoms with Crippen LogP contribution in [-0.2, 0) is 0 Å². The average Bonchev–Trinajstić information content (AvgIpc) is 3.36. The van der Waals surface area contributed by atoms with Crippen LogP contribution in [-0.4, -0.2) is 37.8 Å². The number of nitrogens with zero attached hydrogens (tertiary/aromatic N) is 6. The summed E-state index contributed by atoms with van der Waals surface area (Å²) in [7, 11) is 0. The van der Waals surface area contributed by atoms with Gasteiger partial charge in [-0.3, -0.25) is 10.1 Å². The number of ether oxygens (including phenoxy) is 1. The van der Waals surface area contributed by atoms with E-state index in [1.54, 1.807) is 12.1 Å². The van der Waals surface area contributed by atoms with Crippen LogP contribution in [0.2, 0.25) is 0 Å². The molecule has 0 fully saturated rings. The summed E-state index contributed by atoms with van der Waals surface area (Å²) in [6.45, 7) is 2.52. The molecule has 146 valence electrons. The molecule has 0 spiro atoms. The van der Waals surface area contributed by atoms with Crippen molar-refractivity contribution in [3.8, 4) is 5.75 Å². The highest BCUT2D eigenvalue weighted by atomic mass is 32.2. The Kier molecular flexibility index (Phi) is 5.49. The van der Waals surface area contributed by atoms with Crippen LogP contribution in [0.1, 0.15) is 12.5 Å². The van der Waals surface area contributed by atoms with E-state index >= 15 is 0 Å². The van der Waals surface area contributed by atoms with Crippen LogP contribution in [0.5, 0.6) is 5.75 Å². The Bertz CT molecular complexity index is 1190. The number of fused-ring (bicyclic) bond motifs is 1. The molecule has 0 radical (unpaired) electrons. The van der Waals surface area contributed by atoms with Crippen LogP contribution in [0.25, 0.3) is 10.2 Å². The molecule has 29 heavy (non-hydrogen) atoms. The van der Waals surface area contributed by atoms with Crippen molar-refractivity contribution < 1.29 is 9.66 Å². The van der Waals surface area contributed by atoms with Crippen molar-refractivity contribution in [1.82, 2.24) is 20.1 Å². The first kappa shape index (κ1) is 19.0. The molecule has 0 aliphatic heterocycles. The Hall–Kier alpha value is -3.31. The lowest BCUT2D eigenvalue weighted by molar-refractivity contribution is -0.387. The third kappa shape index (κ3) is 4.41. The molecule has 0 saturated carbocycles. The minimum absolute atomic E-state index is 0.0124. The predicted molar refractivity (Wildman–Crippen MR) is 111 cm³/mol. The number of hydrogen-bond donors (Lipinski definition) is 0. The molecule has 0 amide bonds. The molecular formula is C18H14N6O3S2. The van der Waals surface area contributed by atoms with Crippen LogP contribution in [0, 0.1) is 10.1 Å². The SMILES string of the molecule is CCOc1ccc2nc(Sc3ccc(C=Nn4nccn4)cc3[N+](=O)[O-])sc2c1. The van der Waals surface area contributed by atoms with E-state index < -0.39 is 4.92 Å². The summed E-state index contributed by atoms with van der Waals surface area (Å²) >= 11 is 2.73. The number of aromatic nitrogens is 4. The van der Waals surface area contributed by atoms with Crippen molar-refractivity contribution in [3.63, 3.8) is 0 Å². The molecule has 9 nitrogen and oxygen atoms in total. The van der Waals surface area contributed by atoms with Crippen molar-refractivity contribution in [2.24, 2.45) is 5.10 Å². The highest BCUT2D eigenvalue weighted by Gasteiger charge is 2.17. The molecule has 0 N–H and O–H groups in total. The summed E-state index contributed by atoms with van der Waals surface area (Å²) in [5.74, 6) is 0.779. The lowest BCUT2D eigenvalue weighted by atomic mass is 10.2. The van der Waals surface area contributed by atoms with E-state index in [0.717, 1.165) is 25.2 Å². The van der Waals surface area contributed by atoms with Gasteiger partial charge in [0.05, 0.1) is 45.3 Å². The Morgan fingerprint density at radius 2 is 2.10 bits per heavy atom. The van der Waals surface area contributed by atoms with Gasteiger partial charge in [-0.25, -0.2) is 4.98 Å². The molecule has 4 aromatic rings. The fourth-order valence-corrected chi connectivity index (χ4v) is 4.65. The van der Waals surface area contributed by atoms with E-state index in [0.29, 0.717) is 17.1 Å².